The van der Waals surface area contributed by atoms with E-state index >= 15 is 0 Å². The van der Waals surface area contributed by atoms with Gasteiger partial charge in [0.1, 0.15) is 11.0 Å². The second kappa shape index (κ2) is 11.6. The summed E-state index contributed by atoms with van der Waals surface area (Å²) in [5, 5.41) is 3.71. The van der Waals surface area contributed by atoms with E-state index in [1.807, 2.05) is 39.8 Å². The van der Waals surface area contributed by atoms with Crippen LogP contribution in [0.3, 0.4) is 0 Å². The fourth-order valence-electron chi connectivity index (χ4n) is 4.90. The van der Waals surface area contributed by atoms with Crippen molar-refractivity contribution in [3.63, 3.8) is 0 Å². The van der Waals surface area contributed by atoms with Gasteiger partial charge in [-0.05, 0) is 76.1 Å². The first kappa shape index (κ1) is 26.5. The molecule has 2 N–H and O–H groups in total. The van der Waals surface area contributed by atoms with Crippen molar-refractivity contribution in [2.45, 2.75) is 95.5 Å². The zero-order chi connectivity index (χ0) is 25.0. The lowest BCUT2D eigenvalue weighted by Gasteiger charge is -2.22. The van der Waals surface area contributed by atoms with Crippen LogP contribution in [0.25, 0.3) is 10.4 Å². The highest BCUT2D eigenvalue weighted by Crippen LogP contribution is 2.36. The van der Waals surface area contributed by atoms with Crippen LogP contribution >= 0.6 is 11.3 Å². The van der Waals surface area contributed by atoms with Crippen molar-refractivity contribution in [3.05, 3.63) is 34.5 Å². The van der Waals surface area contributed by atoms with Gasteiger partial charge in [-0.25, -0.2) is 13.9 Å². The van der Waals surface area contributed by atoms with Gasteiger partial charge in [-0.2, -0.15) is 0 Å². The second-order valence-electron chi connectivity index (χ2n) is 11.0. The Bertz CT molecular complexity index is 1050. The minimum absolute atomic E-state index is 0.0816. The van der Waals surface area contributed by atoms with Crippen LogP contribution < -0.4 is 10.0 Å². The van der Waals surface area contributed by atoms with Crippen LogP contribution in [0, 0.1) is 12.8 Å². The van der Waals surface area contributed by atoms with Gasteiger partial charge in [0.15, 0.2) is 5.01 Å². The molecule has 2 aliphatic rings. The zero-order valence-corrected chi connectivity index (χ0v) is 23.1. The van der Waals surface area contributed by atoms with Crippen LogP contribution in [-0.4, -0.2) is 39.9 Å². The minimum Gasteiger partial charge on any atom is -0.381 e. The van der Waals surface area contributed by atoms with Gasteiger partial charge in [0, 0.05) is 24.8 Å². The smallest absolute Gasteiger partial charge is 0.280 e. The third-order valence-corrected chi connectivity index (χ3v) is 9.49. The molecule has 1 aliphatic heterocycles. The number of rotatable bonds is 7. The molecule has 1 aromatic heterocycles. The van der Waals surface area contributed by atoms with Gasteiger partial charge in [-0.3, -0.25) is 4.79 Å². The number of aromatic nitrogens is 1. The Kier molecular flexibility index (Phi) is 8.79. The molecule has 1 amide bonds. The van der Waals surface area contributed by atoms with Crippen molar-refractivity contribution in [2.24, 2.45) is 5.92 Å². The fourth-order valence-corrected chi connectivity index (χ4v) is 7.10. The molecule has 1 unspecified atom stereocenters. The molecular formula is C27H39N3O3S2. The number of amides is 1. The van der Waals surface area contributed by atoms with Gasteiger partial charge in [0.05, 0.1) is 15.5 Å². The Morgan fingerprint density at radius 3 is 2.51 bits per heavy atom. The molecule has 0 spiro atoms. The van der Waals surface area contributed by atoms with Gasteiger partial charge in [0.25, 0.3) is 5.91 Å². The average Bonchev–Trinajstić information content (AvgIpc) is 3.23. The summed E-state index contributed by atoms with van der Waals surface area (Å²) in [6, 6.07) is 6.22. The number of benzene rings is 1. The normalized spacial score (nSPS) is 19.0. The van der Waals surface area contributed by atoms with Crippen LogP contribution in [0.1, 0.15) is 86.8 Å². The summed E-state index contributed by atoms with van der Waals surface area (Å²) in [5.41, 5.74) is 2.81. The lowest BCUT2D eigenvalue weighted by molar-refractivity contribution is 0.0696. The molecule has 2 fully saturated rings. The number of aryl methyl sites for hydroxylation is 1. The van der Waals surface area contributed by atoms with Crippen molar-refractivity contribution < 1.29 is 13.7 Å². The summed E-state index contributed by atoms with van der Waals surface area (Å²) in [7, 11) is -1.28. The Hall–Kier alpha value is -1.61. The number of nitrogens with one attached hydrogen (secondary N) is 2. The Morgan fingerprint density at radius 1 is 1.14 bits per heavy atom. The summed E-state index contributed by atoms with van der Waals surface area (Å²) < 4.78 is 21.5. The van der Waals surface area contributed by atoms with E-state index in [0.29, 0.717) is 24.1 Å². The average molecular weight is 518 g/mol. The van der Waals surface area contributed by atoms with Gasteiger partial charge in [0.2, 0.25) is 0 Å². The van der Waals surface area contributed by atoms with Crippen molar-refractivity contribution >= 4 is 28.2 Å². The highest BCUT2D eigenvalue weighted by atomic mass is 32.2. The molecule has 2 aromatic rings. The number of hydrogen-bond acceptors (Lipinski definition) is 5. The summed E-state index contributed by atoms with van der Waals surface area (Å²) in [6.07, 6.45) is 8.95. The van der Waals surface area contributed by atoms with Crippen molar-refractivity contribution in [1.82, 2.24) is 15.0 Å². The van der Waals surface area contributed by atoms with Crippen LogP contribution in [0.4, 0.5) is 0 Å². The molecule has 1 aromatic carbocycles. The second-order valence-corrected chi connectivity index (χ2v) is 13.1. The van der Waals surface area contributed by atoms with Gasteiger partial charge >= 0.3 is 0 Å². The molecule has 1 saturated carbocycles. The van der Waals surface area contributed by atoms with Crippen molar-refractivity contribution in [2.75, 3.05) is 13.2 Å². The Morgan fingerprint density at radius 2 is 1.86 bits per heavy atom. The molecule has 4 rings (SSSR count). The molecule has 8 heteroatoms. The molecule has 35 heavy (non-hydrogen) atoms. The predicted octanol–water partition coefficient (Wildman–Crippen LogP) is 5.56. The van der Waals surface area contributed by atoms with Crippen LogP contribution in [-0.2, 0) is 22.1 Å². The summed E-state index contributed by atoms with van der Waals surface area (Å²) in [5.74, 6) is 0.543. The fraction of sp³-hybridized carbons (Fsp3) is 0.630. The van der Waals surface area contributed by atoms with Crippen molar-refractivity contribution in [3.8, 4) is 10.4 Å². The molecular weight excluding hydrogens is 478 g/mol. The van der Waals surface area contributed by atoms with E-state index in [9.17, 15) is 9.00 Å². The van der Waals surface area contributed by atoms with Crippen LogP contribution in [0.2, 0.25) is 0 Å². The molecule has 0 radical (unpaired) electrons. The summed E-state index contributed by atoms with van der Waals surface area (Å²) in [6.45, 7) is 9.42. The number of hydrogen-bond donors (Lipinski definition) is 2. The quantitative estimate of drug-likeness (QED) is 0.504. The lowest BCUT2D eigenvalue weighted by atomic mass is 9.85. The highest BCUT2D eigenvalue weighted by molar-refractivity contribution is 7.83. The standard InChI is InChI=1S/C27H39N3O3S2/c1-18-16-20(10-11-23(18)35(32)30-27(2,3)4)24-22(17-19-8-6-5-7-9-19)29-26(34-24)25(31)28-21-12-14-33-15-13-21/h10-11,16,19,21,30H,5-9,12-15,17H2,1-4H3,(H,28,31). The third kappa shape index (κ3) is 7.21. The Labute approximate surface area is 216 Å². The first-order valence-electron chi connectivity index (χ1n) is 12.9. The van der Waals surface area contributed by atoms with E-state index < -0.39 is 11.0 Å². The molecule has 2 heterocycles. The lowest BCUT2D eigenvalue weighted by Crippen LogP contribution is -2.38. The van der Waals surface area contributed by atoms with Gasteiger partial charge < -0.3 is 10.1 Å². The number of nitrogens with zero attached hydrogens (tertiary/aromatic N) is 1. The summed E-state index contributed by atoms with van der Waals surface area (Å²) in [4.78, 5) is 19.8. The van der Waals surface area contributed by atoms with Crippen molar-refractivity contribution in [1.29, 1.82) is 0 Å². The van der Waals surface area contributed by atoms with E-state index in [4.69, 9.17) is 9.72 Å². The maximum Gasteiger partial charge on any atom is 0.280 e. The monoisotopic (exact) mass is 517 g/mol. The molecule has 6 nitrogen and oxygen atoms in total. The molecule has 1 atom stereocenters. The molecule has 1 saturated heterocycles. The first-order valence-corrected chi connectivity index (χ1v) is 14.8. The van der Waals surface area contributed by atoms with E-state index in [1.165, 1.54) is 43.4 Å². The topological polar surface area (TPSA) is 80.3 Å². The zero-order valence-electron chi connectivity index (χ0n) is 21.4. The number of thiazole rings is 1. The van der Waals surface area contributed by atoms with E-state index in [0.717, 1.165) is 45.9 Å². The predicted molar refractivity (Wildman–Crippen MR) is 143 cm³/mol. The van der Waals surface area contributed by atoms with E-state index in [1.54, 1.807) is 0 Å². The Balaban J connectivity index is 1.60. The maximum absolute atomic E-state index is 13.1. The van der Waals surface area contributed by atoms with E-state index in [2.05, 4.69) is 16.1 Å². The number of ether oxygens (including phenoxy) is 1. The van der Waals surface area contributed by atoms with Crippen LogP contribution in [0.5, 0.6) is 0 Å². The first-order chi connectivity index (χ1) is 16.7. The van der Waals surface area contributed by atoms with E-state index in [-0.39, 0.29) is 17.5 Å². The maximum atomic E-state index is 13.1. The van der Waals surface area contributed by atoms with Gasteiger partial charge in [-0.15, -0.1) is 11.3 Å². The highest BCUT2D eigenvalue weighted by Gasteiger charge is 2.25. The molecule has 1 aliphatic carbocycles. The third-order valence-electron chi connectivity index (χ3n) is 6.69. The van der Waals surface area contributed by atoms with Crippen LogP contribution in [0.15, 0.2) is 23.1 Å². The molecule has 192 valence electrons. The largest absolute Gasteiger partial charge is 0.381 e. The van der Waals surface area contributed by atoms with Gasteiger partial charge in [-0.1, -0.05) is 38.2 Å². The number of carbonyl (C=O) groups excluding carboxylic acids is 1. The minimum atomic E-state index is -1.28. The molecule has 0 bridgehead atoms. The summed E-state index contributed by atoms with van der Waals surface area (Å²) >= 11 is 1.48. The SMILES string of the molecule is Cc1cc(-c2sc(C(=O)NC3CCOCC3)nc2CC2CCCCC2)ccc1S(=O)NC(C)(C)C. The number of carbonyl (C=O) groups is 1.